The molecule has 2 aromatic heterocycles. The van der Waals surface area contributed by atoms with Crippen molar-refractivity contribution < 1.29 is 4.39 Å². The Labute approximate surface area is 157 Å². The number of hydrogen-bond donors (Lipinski definition) is 2. The van der Waals surface area contributed by atoms with Crippen molar-refractivity contribution in [1.29, 1.82) is 0 Å². The molecule has 0 atom stereocenters. The first-order chi connectivity index (χ1) is 13.3. The summed E-state index contributed by atoms with van der Waals surface area (Å²) < 4.78 is 16.3. The SMILES string of the molecule is Fc1ccccc1Nc1nc2cnc(NCC3CC3)nc2n1C1CCCC1. The molecule has 0 aliphatic heterocycles. The fourth-order valence-electron chi connectivity index (χ4n) is 3.81. The van der Waals surface area contributed by atoms with Crippen LogP contribution in [0.15, 0.2) is 30.5 Å². The minimum Gasteiger partial charge on any atom is -0.354 e. The topological polar surface area (TPSA) is 67.7 Å². The number of benzene rings is 1. The van der Waals surface area contributed by atoms with E-state index in [9.17, 15) is 4.39 Å². The fourth-order valence-corrected chi connectivity index (χ4v) is 3.81. The number of fused-ring (bicyclic) bond motifs is 1. The van der Waals surface area contributed by atoms with Gasteiger partial charge in [-0.2, -0.15) is 4.98 Å². The van der Waals surface area contributed by atoms with E-state index in [-0.39, 0.29) is 5.82 Å². The van der Waals surface area contributed by atoms with E-state index < -0.39 is 0 Å². The Morgan fingerprint density at radius 1 is 1.07 bits per heavy atom. The second kappa shape index (κ2) is 6.79. The van der Waals surface area contributed by atoms with Gasteiger partial charge in [0.05, 0.1) is 11.9 Å². The number of nitrogens with zero attached hydrogens (tertiary/aromatic N) is 4. The average molecular weight is 366 g/mol. The van der Waals surface area contributed by atoms with Gasteiger partial charge in [0.1, 0.15) is 11.3 Å². The van der Waals surface area contributed by atoms with Gasteiger partial charge in [-0.25, -0.2) is 14.4 Å². The summed E-state index contributed by atoms with van der Waals surface area (Å²) in [7, 11) is 0. The maximum atomic E-state index is 14.1. The molecule has 2 fully saturated rings. The number of aromatic nitrogens is 4. The molecule has 27 heavy (non-hydrogen) atoms. The number of halogens is 1. The van der Waals surface area contributed by atoms with Crippen LogP contribution in [0, 0.1) is 11.7 Å². The minimum absolute atomic E-state index is 0.291. The van der Waals surface area contributed by atoms with Crippen molar-refractivity contribution >= 4 is 28.7 Å². The lowest BCUT2D eigenvalue weighted by Gasteiger charge is -2.17. The van der Waals surface area contributed by atoms with Crippen molar-refractivity contribution in [2.24, 2.45) is 5.92 Å². The first-order valence-electron chi connectivity index (χ1n) is 9.78. The second-order valence-corrected chi connectivity index (χ2v) is 7.58. The Morgan fingerprint density at radius 3 is 2.67 bits per heavy atom. The van der Waals surface area contributed by atoms with Crippen LogP contribution in [0.25, 0.3) is 11.2 Å². The molecule has 0 unspecified atom stereocenters. The number of imidazole rings is 1. The summed E-state index contributed by atoms with van der Waals surface area (Å²) in [4.78, 5) is 13.8. The molecule has 2 heterocycles. The molecular formula is C20H23FN6. The summed E-state index contributed by atoms with van der Waals surface area (Å²) in [5, 5.41) is 6.52. The van der Waals surface area contributed by atoms with Crippen molar-refractivity contribution in [3.05, 3.63) is 36.3 Å². The van der Waals surface area contributed by atoms with Crippen LogP contribution in [0.5, 0.6) is 0 Å². The van der Waals surface area contributed by atoms with Crippen LogP contribution in [-0.2, 0) is 0 Å². The van der Waals surface area contributed by atoms with E-state index in [0.29, 0.717) is 23.6 Å². The van der Waals surface area contributed by atoms with Gasteiger partial charge in [-0.05, 0) is 43.7 Å². The molecule has 1 aromatic carbocycles. The third-order valence-corrected chi connectivity index (χ3v) is 5.49. The van der Waals surface area contributed by atoms with Crippen molar-refractivity contribution in [2.75, 3.05) is 17.2 Å². The van der Waals surface area contributed by atoms with Crippen molar-refractivity contribution in [3.8, 4) is 0 Å². The zero-order valence-corrected chi connectivity index (χ0v) is 15.2. The van der Waals surface area contributed by atoms with Crippen LogP contribution < -0.4 is 10.6 Å². The lowest BCUT2D eigenvalue weighted by molar-refractivity contribution is 0.535. The molecule has 7 heteroatoms. The number of anilines is 3. The van der Waals surface area contributed by atoms with Gasteiger partial charge in [0, 0.05) is 12.6 Å². The fraction of sp³-hybridized carbons (Fsp3) is 0.450. The summed E-state index contributed by atoms with van der Waals surface area (Å²) >= 11 is 0. The van der Waals surface area contributed by atoms with Gasteiger partial charge >= 0.3 is 0 Å². The third kappa shape index (κ3) is 3.34. The Kier molecular flexibility index (Phi) is 4.14. The summed E-state index contributed by atoms with van der Waals surface area (Å²) in [6.45, 7) is 0.920. The van der Waals surface area contributed by atoms with Gasteiger partial charge in [-0.3, -0.25) is 4.57 Å². The van der Waals surface area contributed by atoms with Gasteiger partial charge in [-0.15, -0.1) is 0 Å². The highest BCUT2D eigenvalue weighted by molar-refractivity contribution is 5.76. The Balaban J connectivity index is 1.54. The van der Waals surface area contributed by atoms with E-state index in [2.05, 4.69) is 25.2 Å². The molecule has 0 spiro atoms. The lowest BCUT2D eigenvalue weighted by Crippen LogP contribution is -2.11. The number of hydrogen-bond acceptors (Lipinski definition) is 5. The van der Waals surface area contributed by atoms with Gasteiger partial charge in [0.2, 0.25) is 11.9 Å². The molecule has 0 saturated heterocycles. The molecule has 0 amide bonds. The third-order valence-electron chi connectivity index (χ3n) is 5.49. The highest BCUT2D eigenvalue weighted by atomic mass is 19.1. The van der Waals surface area contributed by atoms with Crippen LogP contribution in [0.1, 0.15) is 44.6 Å². The van der Waals surface area contributed by atoms with Crippen LogP contribution in [0.4, 0.5) is 22.0 Å². The largest absolute Gasteiger partial charge is 0.354 e. The predicted octanol–water partition coefficient (Wildman–Crippen LogP) is 4.65. The molecule has 2 aliphatic carbocycles. The minimum atomic E-state index is -0.291. The molecule has 140 valence electrons. The molecular weight excluding hydrogens is 343 g/mol. The maximum absolute atomic E-state index is 14.1. The lowest BCUT2D eigenvalue weighted by atomic mass is 10.2. The van der Waals surface area contributed by atoms with Crippen LogP contribution in [-0.4, -0.2) is 26.1 Å². The van der Waals surface area contributed by atoms with E-state index in [1.54, 1.807) is 18.3 Å². The van der Waals surface area contributed by atoms with E-state index >= 15 is 0 Å². The normalized spacial score (nSPS) is 17.5. The molecule has 2 aliphatic rings. The van der Waals surface area contributed by atoms with Crippen molar-refractivity contribution in [2.45, 2.75) is 44.6 Å². The molecule has 3 aromatic rings. The van der Waals surface area contributed by atoms with Crippen molar-refractivity contribution in [1.82, 2.24) is 19.5 Å². The first kappa shape index (κ1) is 16.5. The molecule has 0 radical (unpaired) electrons. The first-order valence-corrected chi connectivity index (χ1v) is 9.78. The molecule has 2 saturated carbocycles. The Bertz CT molecular complexity index is 958. The average Bonchev–Trinajstić information content (AvgIpc) is 3.22. The van der Waals surface area contributed by atoms with Gasteiger partial charge in [-0.1, -0.05) is 25.0 Å². The van der Waals surface area contributed by atoms with Crippen molar-refractivity contribution in [3.63, 3.8) is 0 Å². The zero-order chi connectivity index (χ0) is 18.2. The molecule has 5 rings (SSSR count). The summed E-state index contributed by atoms with van der Waals surface area (Å²) in [6.07, 6.45) is 8.90. The Morgan fingerprint density at radius 2 is 1.89 bits per heavy atom. The van der Waals surface area contributed by atoms with Crippen LogP contribution >= 0.6 is 0 Å². The molecule has 2 N–H and O–H groups in total. The monoisotopic (exact) mass is 366 g/mol. The highest BCUT2D eigenvalue weighted by Gasteiger charge is 2.25. The number of para-hydroxylation sites is 1. The van der Waals surface area contributed by atoms with E-state index in [0.717, 1.165) is 36.5 Å². The molecule has 6 nitrogen and oxygen atoms in total. The van der Waals surface area contributed by atoms with Crippen LogP contribution in [0.2, 0.25) is 0 Å². The standard InChI is InChI=1S/C20H23FN6/c21-15-7-3-4-8-16(15)24-20-25-17-12-23-19(22-11-13-9-10-13)26-18(17)27(20)14-5-1-2-6-14/h3-4,7-8,12-14H,1-2,5-6,9-11H2,(H,24,25)(H,22,23,26). The summed E-state index contributed by atoms with van der Waals surface area (Å²) in [6, 6.07) is 7.00. The zero-order valence-electron chi connectivity index (χ0n) is 15.2. The number of rotatable bonds is 6. The van der Waals surface area contributed by atoms with E-state index in [1.807, 2.05) is 6.07 Å². The second-order valence-electron chi connectivity index (χ2n) is 7.58. The van der Waals surface area contributed by atoms with Gasteiger partial charge < -0.3 is 10.6 Å². The smallest absolute Gasteiger partial charge is 0.224 e. The maximum Gasteiger partial charge on any atom is 0.224 e. The Hall–Kier alpha value is -2.70. The quantitative estimate of drug-likeness (QED) is 0.665. The number of nitrogens with one attached hydrogen (secondary N) is 2. The van der Waals surface area contributed by atoms with Gasteiger partial charge in [0.15, 0.2) is 5.65 Å². The van der Waals surface area contributed by atoms with E-state index in [4.69, 9.17) is 4.98 Å². The van der Waals surface area contributed by atoms with E-state index in [1.165, 1.54) is 31.7 Å². The summed E-state index contributed by atoms with van der Waals surface area (Å²) in [5.74, 6) is 1.74. The highest BCUT2D eigenvalue weighted by Crippen LogP contribution is 2.36. The van der Waals surface area contributed by atoms with Gasteiger partial charge in [0.25, 0.3) is 0 Å². The summed E-state index contributed by atoms with van der Waals surface area (Å²) in [5.41, 5.74) is 1.97. The molecule has 0 bridgehead atoms. The van der Waals surface area contributed by atoms with Crippen LogP contribution in [0.3, 0.4) is 0 Å². The predicted molar refractivity (Wildman–Crippen MR) is 104 cm³/mol.